The average molecular weight is 318 g/mol. The summed E-state index contributed by atoms with van der Waals surface area (Å²) >= 11 is 0. The molecule has 21 heavy (non-hydrogen) atoms. The normalized spacial score (nSPS) is 23.6. The number of nitrogens with one attached hydrogen (secondary N) is 1. The third kappa shape index (κ3) is 5.58. The maximum absolute atomic E-state index is 12.5. The van der Waals surface area contributed by atoms with E-state index in [1.165, 1.54) is 0 Å². The van der Waals surface area contributed by atoms with Crippen LogP contribution in [0.25, 0.3) is 0 Å². The van der Waals surface area contributed by atoms with Crippen LogP contribution in [0.5, 0.6) is 0 Å². The lowest BCUT2D eigenvalue weighted by atomic mass is 10.0. The number of nitrogens with zero attached hydrogens (tertiary/aromatic N) is 1. The zero-order valence-corrected chi connectivity index (χ0v) is 14.7. The summed E-state index contributed by atoms with van der Waals surface area (Å²) in [5.74, 6) is 1.14. The summed E-state index contributed by atoms with van der Waals surface area (Å²) in [7, 11) is -3.04. The first-order chi connectivity index (χ1) is 9.66. The summed E-state index contributed by atoms with van der Waals surface area (Å²) < 4.78 is 23.4. The van der Waals surface area contributed by atoms with Gasteiger partial charge in [-0.15, -0.1) is 0 Å². The van der Waals surface area contributed by atoms with Crippen molar-refractivity contribution in [3.8, 4) is 0 Å². The molecule has 0 radical (unpaired) electrons. The third-order valence-electron chi connectivity index (χ3n) is 3.84. The molecule has 1 rings (SSSR count). The number of carbonyl (C=O) groups is 1. The van der Waals surface area contributed by atoms with Crippen LogP contribution in [0.1, 0.15) is 47.5 Å². The summed E-state index contributed by atoms with van der Waals surface area (Å²) in [6, 6.07) is -0.168. The Kier molecular flexibility index (Phi) is 6.66. The van der Waals surface area contributed by atoms with E-state index in [1.807, 2.05) is 0 Å². The smallest absolute Gasteiger partial charge is 0.241 e. The molecule has 1 amide bonds. The quantitative estimate of drug-likeness (QED) is 0.739. The van der Waals surface area contributed by atoms with Gasteiger partial charge in [0.15, 0.2) is 9.84 Å². The molecule has 0 aromatic heterocycles. The van der Waals surface area contributed by atoms with Crippen molar-refractivity contribution in [3.63, 3.8) is 0 Å². The monoisotopic (exact) mass is 318 g/mol. The van der Waals surface area contributed by atoms with Crippen molar-refractivity contribution in [3.05, 3.63) is 0 Å². The van der Waals surface area contributed by atoms with Gasteiger partial charge in [-0.1, -0.05) is 34.6 Å². The Hall–Kier alpha value is -0.620. The summed E-state index contributed by atoms with van der Waals surface area (Å²) in [5.41, 5.74) is 0. The van der Waals surface area contributed by atoms with Crippen LogP contribution in [-0.2, 0) is 14.6 Å². The van der Waals surface area contributed by atoms with Crippen LogP contribution in [0, 0.1) is 11.8 Å². The second-order valence-corrected chi connectivity index (χ2v) is 9.23. The molecule has 1 aliphatic heterocycles. The predicted octanol–water partition coefficient (Wildman–Crippen LogP) is 1.64. The highest BCUT2D eigenvalue weighted by Gasteiger charge is 2.39. The minimum Gasteiger partial charge on any atom is -0.325 e. The van der Waals surface area contributed by atoms with E-state index in [0.29, 0.717) is 18.4 Å². The van der Waals surface area contributed by atoms with Crippen molar-refractivity contribution < 1.29 is 13.2 Å². The van der Waals surface area contributed by atoms with Crippen LogP contribution in [-0.4, -0.2) is 49.5 Å². The van der Waals surface area contributed by atoms with Gasteiger partial charge < -0.3 is 4.90 Å². The van der Waals surface area contributed by atoms with Gasteiger partial charge in [0, 0.05) is 12.3 Å². The molecule has 6 heteroatoms. The minimum atomic E-state index is -3.04. The van der Waals surface area contributed by atoms with E-state index < -0.39 is 9.84 Å². The number of hydrogen-bond donors (Lipinski definition) is 1. The summed E-state index contributed by atoms with van der Waals surface area (Å²) in [6.07, 6.45) is 1.62. The standard InChI is InChI=1S/C15H30N2O3S/c1-6-21(19,20)8-7-17-14(10-12(4)5)16-13(15(17)18)9-11(2)3/h11-14,16H,6-10H2,1-5H3. The molecule has 1 aliphatic rings. The van der Waals surface area contributed by atoms with Gasteiger partial charge in [-0.05, 0) is 24.7 Å². The molecular weight excluding hydrogens is 288 g/mol. The first-order valence-electron chi connectivity index (χ1n) is 7.93. The van der Waals surface area contributed by atoms with Crippen molar-refractivity contribution in [2.24, 2.45) is 11.8 Å². The zero-order chi connectivity index (χ0) is 16.2. The SMILES string of the molecule is CCS(=O)(=O)CCN1C(=O)C(CC(C)C)NC1CC(C)C. The van der Waals surface area contributed by atoms with Crippen LogP contribution in [0.2, 0.25) is 0 Å². The minimum absolute atomic E-state index is 0.0340. The Labute approximate surface area is 129 Å². The number of sulfone groups is 1. The average Bonchev–Trinajstić information content (AvgIpc) is 2.62. The molecule has 2 atom stereocenters. The third-order valence-corrected chi connectivity index (χ3v) is 5.52. The predicted molar refractivity (Wildman–Crippen MR) is 85.7 cm³/mol. The Morgan fingerprint density at radius 1 is 1.14 bits per heavy atom. The first kappa shape index (κ1) is 18.4. The molecule has 2 unspecified atom stereocenters. The van der Waals surface area contributed by atoms with E-state index in [-0.39, 0.29) is 29.6 Å². The largest absolute Gasteiger partial charge is 0.325 e. The van der Waals surface area contributed by atoms with Crippen molar-refractivity contribution in [2.45, 2.75) is 59.7 Å². The molecule has 0 aromatic rings. The molecule has 0 aliphatic carbocycles. The Bertz CT molecular complexity index is 446. The molecule has 0 saturated carbocycles. The van der Waals surface area contributed by atoms with E-state index in [0.717, 1.165) is 12.8 Å². The number of carbonyl (C=O) groups excluding carboxylic acids is 1. The van der Waals surface area contributed by atoms with Gasteiger partial charge in [0.2, 0.25) is 5.91 Å². The van der Waals surface area contributed by atoms with Crippen LogP contribution >= 0.6 is 0 Å². The molecule has 1 fully saturated rings. The van der Waals surface area contributed by atoms with Gasteiger partial charge in [0.25, 0.3) is 0 Å². The van der Waals surface area contributed by atoms with Gasteiger partial charge in [-0.2, -0.15) is 0 Å². The zero-order valence-electron chi connectivity index (χ0n) is 13.9. The van der Waals surface area contributed by atoms with Gasteiger partial charge in [-0.25, -0.2) is 8.42 Å². The fourth-order valence-corrected chi connectivity index (χ4v) is 3.44. The summed E-state index contributed by atoms with van der Waals surface area (Å²) in [4.78, 5) is 14.2. The summed E-state index contributed by atoms with van der Waals surface area (Å²) in [5, 5.41) is 3.39. The highest BCUT2D eigenvalue weighted by Crippen LogP contribution is 2.21. The van der Waals surface area contributed by atoms with Gasteiger partial charge in [0.05, 0.1) is 18.0 Å². The lowest BCUT2D eigenvalue weighted by molar-refractivity contribution is -0.130. The molecule has 1 N–H and O–H groups in total. The van der Waals surface area contributed by atoms with Crippen LogP contribution in [0.15, 0.2) is 0 Å². The van der Waals surface area contributed by atoms with Crippen molar-refractivity contribution in [1.82, 2.24) is 10.2 Å². The van der Waals surface area contributed by atoms with E-state index in [4.69, 9.17) is 0 Å². The number of hydrogen-bond acceptors (Lipinski definition) is 4. The van der Waals surface area contributed by atoms with E-state index in [2.05, 4.69) is 33.0 Å². The topological polar surface area (TPSA) is 66.5 Å². The maximum atomic E-state index is 12.5. The lowest BCUT2D eigenvalue weighted by Gasteiger charge is -2.25. The van der Waals surface area contributed by atoms with Crippen LogP contribution in [0.3, 0.4) is 0 Å². The molecule has 1 heterocycles. The van der Waals surface area contributed by atoms with Gasteiger partial charge in [0.1, 0.15) is 0 Å². The second kappa shape index (κ2) is 7.58. The highest BCUT2D eigenvalue weighted by atomic mass is 32.2. The van der Waals surface area contributed by atoms with Crippen molar-refractivity contribution in [1.29, 1.82) is 0 Å². The Balaban J connectivity index is 2.77. The van der Waals surface area contributed by atoms with Crippen molar-refractivity contribution >= 4 is 15.7 Å². The van der Waals surface area contributed by atoms with E-state index in [9.17, 15) is 13.2 Å². The fourth-order valence-electron chi connectivity index (χ4n) is 2.68. The maximum Gasteiger partial charge on any atom is 0.241 e. The lowest BCUT2D eigenvalue weighted by Crippen LogP contribution is -2.41. The molecule has 0 bridgehead atoms. The van der Waals surface area contributed by atoms with Crippen LogP contribution in [0.4, 0.5) is 0 Å². The molecular formula is C15H30N2O3S. The Morgan fingerprint density at radius 2 is 1.71 bits per heavy atom. The molecule has 124 valence electrons. The van der Waals surface area contributed by atoms with Crippen molar-refractivity contribution in [2.75, 3.05) is 18.1 Å². The first-order valence-corrected chi connectivity index (χ1v) is 9.75. The highest BCUT2D eigenvalue weighted by molar-refractivity contribution is 7.91. The number of rotatable bonds is 8. The van der Waals surface area contributed by atoms with Gasteiger partial charge in [-0.3, -0.25) is 10.1 Å². The summed E-state index contributed by atoms with van der Waals surface area (Å²) in [6.45, 7) is 10.4. The van der Waals surface area contributed by atoms with E-state index >= 15 is 0 Å². The molecule has 0 spiro atoms. The number of amides is 1. The van der Waals surface area contributed by atoms with Gasteiger partial charge >= 0.3 is 0 Å². The van der Waals surface area contributed by atoms with Crippen LogP contribution < -0.4 is 5.32 Å². The Morgan fingerprint density at radius 3 is 2.19 bits per heavy atom. The fraction of sp³-hybridized carbons (Fsp3) is 0.933. The second-order valence-electron chi connectivity index (χ2n) is 6.76. The molecule has 1 saturated heterocycles. The molecule has 5 nitrogen and oxygen atoms in total. The van der Waals surface area contributed by atoms with E-state index in [1.54, 1.807) is 11.8 Å². The molecule has 0 aromatic carbocycles.